The Bertz CT molecular complexity index is 1100. The monoisotopic (exact) mass is 534 g/mol. The van der Waals surface area contributed by atoms with Crippen molar-refractivity contribution < 1.29 is 53.6 Å². The highest BCUT2D eigenvalue weighted by atomic mass is 16.7. The number of aliphatic hydroxyl groups excluding tert-OH is 4. The first kappa shape index (κ1) is 27.9. The van der Waals surface area contributed by atoms with Crippen LogP contribution in [0.25, 0.3) is 0 Å². The number of esters is 1. The van der Waals surface area contributed by atoms with Crippen LogP contribution in [0.15, 0.2) is 36.4 Å². The van der Waals surface area contributed by atoms with Crippen LogP contribution in [0.1, 0.15) is 11.1 Å². The van der Waals surface area contributed by atoms with Crippen LogP contribution in [-0.2, 0) is 27.1 Å². The zero-order valence-corrected chi connectivity index (χ0v) is 21.5. The maximum Gasteiger partial charge on any atom is 0.309 e. The average molecular weight is 535 g/mol. The molecular weight excluding hydrogens is 500 g/mol. The summed E-state index contributed by atoms with van der Waals surface area (Å²) in [6.45, 7) is -0.268. The summed E-state index contributed by atoms with van der Waals surface area (Å²) < 4.78 is 32.7. The minimum atomic E-state index is -1.56. The molecule has 2 saturated heterocycles. The van der Waals surface area contributed by atoms with E-state index in [-0.39, 0.29) is 23.6 Å². The van der Waals surface area contributed by atoms with E-state index in [1.807, 2.05) is 18.2 Å². The van der Waals surface area contributed by atoms with Crippen LogP contribution in [0, 0.1) is 11.8 Å². The summed E-state index contributed by atoms with van der Waals surface area (Å²) in [5.74, 6) is 1.12. The molecule has 4 N–H and O–H groups in total. The van der Waals surface area contributed by atoms with Crippen molar-refractivity contribution in [2.24, 2.45) is 11.8 Å². The van der Waals surface area contributed by atoms with Gasteiger partial charge in [-0.1, -0.05) is 12.1 Å². The molecule has 11 nitrogen and oxygen atoms in total. The molecule has 2 heterocycles. The molecule has 2 aliphatic heterocycles. The van der Waals surface area contributed by atoms with E-state index in [1.165, 1.54) is 7.11 Å². The van der Waals surface area contributed by atoms with Gasteiger partial charge in [-0.2, -0.15) is 0 Å². The Morgan fingerprint density at radius 1 is 0.816 bits per heavy atom. The van der Waals surface area contributed by atoms with Crippen molar-refractivity contribution >= 4 is 5.97 Å². The molecule has 38 heavy (non-hydrogen) atoms. The van der Waals surface area contributed by atoms with Crippen molar-refractivity contribution in [1.82, 2.24) is 0 Å². The largest absolute Gasteiger partial charge is 0.493 e. The second-order valence-electron chi connectivity index (χ2n) is 9.39. The molecule has 0 aliphatic carbocycles. The normalized spacial score (nSPS) is 29.0. The van der Waals surface area contributed by atoms with Gasteiger partial charge in [-0.25, -0.2) is 0 Å². The highest BCUT2D eigenvalue weighted by Gasteiger charge is 2.45. The number of aliphatic hydroxyl groups is 4. The predicted molar refractivity (Wildman–Crippen MR) is 132 cm³/mol. The number of carbonyl (C=O) groups is 1. The third-order valence-corrected chi connectivity index (χ3v) is 7.03. The van der Waals surface area contributed by atoms with Crippen molar-refractivity contribution in [2.75, 3.05) is 34.5 Å². The molecule has 2 aliphatic rings. The number of hydrogen-bond acceptors (Lipinski definition) is 11. The lowest BCUT2D eigenvalue weighted by Gasteiger charge is -2.39. The van der Waals surface area contributed by atoms with Gasteiger partial charge in [-0.15, -0.1) is 0 Å². The molecule has 2 fully saturated rings. The van der Waals surface area contributed by atoms with Crippen molar-refractivity contribution in [1.29, 1.82) is 0 Å². The van der Waals surface area contributed by atoms with Crippen LogP contribution in [0.5, 0.6) is 23.0 Å². The number of benzene rings is 2. The van der Waals surface area contributed by atoms with Crippen molar-refractivity contribution in [3.05, 3.63) is 47.5 Å². The van der Waals surface area contributed by atoms with Crippen LogP contribution in [0.3, 0.4) is 0 Å². The Hall–Kier alpha value is -3.09. The van der Waals surface area contributed by atoms with Crippen LogP contribution in [0.2, 0.25) is 0 Å². The minimum Gasteiger partial charge on any atom is -0.493 e. The van der Waals surface area contributed by atoms with Gasteiger partial charge in [0.05, 0.1) is 40.5 Å². The van der Waals surface area contributed by atoms with E-state index in [1.54, 1.807) is 32.4 Å². The number of cyclic esters (lactones) is 1. The lowest BCUT2D eigenvalue weighted by molar-refractivity contribution is -0.277. The molecule has 0 unspecified atom stereocenters. The van der Waals surface area contributed by atoms with E-state index in [2.05, 4.69) is 0 Å². The highest BCUT2D eigenvalue weighted by Crippen LogP contribution is 2.36. The fraction of sp³-hybridized carbons (Fsp3) is 0.519. The lowest BCUT2D eigenvalue weighted by atomic mass is 9.85. The Labute approximate surface area is 220 Å². The second-order valence-corrected chi connectivity index (χ2v) is 9.39. The summed E-state index contributed by atoms with van der Waals surface area (Å²) in [5, 5.41) is 39.7. The standard InChI is InChI=1S/C27H34O11/c1-33-18-6-4-15(11-20(18)34-2)9-17-16(13-36-26(17)32)8-14-5-7-19(21(10-14)35-3)37-27-25(31)24(30)23(29)22(12-28)38-27/h4-7,10-11,16-17,22-25,27-31H,8-9,12-13H2,1-3H3/t16-,17+,22-,23-,24+,25+,27-/m1/s1. The molecule has 0 saturated carbocycles. The number of methoxy groups -OCH3 is 3. The summed E-state index contributed by atoms with van der Waals surface area (Å²) in [6.07, 6.45) is -5.99. The molecule has 7 atom stereocenters. The fourth-order valence-corrected chi connectivity index (χ4v) is 4.85. The van der Waals surface area contributed by atoms with Gasteiger partial charge in [0.1, 0.15) is 24.4 Å². The van der Waals surface area contributed by atoms with Gasteiger partial charge in [0, 0.05) is 5.92 Å². The van der Waals surface area contributed by atoms with Gasteiger partial charge >= 0.3 is 5.97 Å². The van der Waals surface area contributed by atoms with Crippen LogP contribution < -0.4 is 18.9 Å². The highest BCUT2D eigenvalue weighted by molar-refractivity contribution is 5.75. The van der Waals surface area contributed by atoms with E-state index in [0.29, 0.717) is 36.7 Å². The van der Waals surface area contributed by atoms with Crippen LogP contribution >= 0.6 is 0 Å². The Morgan fingerprint density at radius 2 is 1.42 bits per heavy atom. The average Bonchev–Trinajstić information content (AvgIpc) is 3.27. The first-order valence-corrected chi connectivity index (χ1v) is 12.3. The molecule has 0 aromatic heterocycles. The number of rotatable bonds is 10. The Balaban J connectivity index is 1.47. The molecule has 2 aromatic carbocycles. The molecule has 11 heteroatoms. The topological polar surface area (TPSA) is 153 Å². The number of ether oxygens (including phenoxy) is 6. The Kier molecular flexibility index (Phi) is 8.95. The van der Waals surface area contributed by atoms with Gasteiger partial charge in [-0.3, -0.25) is 4.79 Å². The molecule has 0 radical (unpaired) electrons. The van der Waals surface area contributed by atoms with Gasteiger partial charge in [-0.05, 0) is 48.2 Å². The maximum atomic E-state index is 12.6. The first-order valence-electron chi connectivity index (χ1n) is 12.3. The van der Waals surface area contributed by atoms with Crippen LogP contribution in [-0.4, -0.2) is 91.6 Å². The van der Waals surface area contributed by atoms with E-state index in [4.69, 9.17) is 28.4 Å². The smallest absolute Gasteiger partial charge is 0.309 e. The lowest BCUT2D eigenvalue weighted by Crippen LogP contribution is -2.60. The summed E-state index contributed by atoms with van der Waals surface area (Å²) in [4.78, 5) is 12.6. The van der Waals surface area contributed by atoms with Gasteiger partial charge in [0.25, 0.3) is 0 Å². The van der Waals surface area contributed by atoms with Crippen molar-refractivity contribution in [3.8, 4) is 23.0 Å². The van der Waals surface area contributed by atoms with E-state index in [9.17, 15) is 25.2 Å². The van der Waals surface area contributed by atoms with Crippen molar-refractivity contribution in [3.63, 3.8) is 0 Å². The zero-order chi connectivity index (χ0) is 27.4. The Morgan fingerprint density at radius 3 is 2.05 bits per heavy atom. The maximum absolute atomic E-state index is 12.6. The third-order valence-electron chi connectivity index (χ3n) is 7.03. The summed E-state index contributed by atoms with van der Waals surface area (Å²) in [6, 6.07) is 10.8. The predicted octanol–water partition coefficient (Wildman–Crippen LogP) is 0.466. The van der Waals surface area contributed by atoms with Gasteiger partial charge in [0.2, 0.25) is 6.29 Å². The van der Waals surface area contributed by atoms with Crippen LogP contribution in [0.4, 0.5) is 0 Å². The molecule has 0 amide bonds. The third kappa shape index (κ3) is 5.82. The molecule has 4 rings (SSSR count). The van der Waals surface area contributed by atoms with E-state index >= 15 is 0 Å². The number of hydrogen-bond donors (Lipinski definition) is 4. The molecule has 2 aromatic rings. The summed E-state index contributed by atoms with van der Waals surface area (Å²) in [5.41, 5.74) is 1.81. The quantitative estimate of drug-likeness (QED) is 0.315. The van der Waals surface area contributed by atoms with Gasteiger partial charge in [0.15, 0.2) is 23.0 Å². The summed E-state index contributed by atoms with van der Waals surface area (Å²) >= 11 is 0. The second kappa shape index (κ2) is 12.2. The molecule has 208 valence electrons. The summed E-state index contributed by atoms with van der Waals surface area (Å²) in [7, 11) is 4.59. The first-order chi connectivity index (χ1) is 18.3. The van der Waals surface area contributed by atoms with E-state index < -0.39 is 37.3 Å². The van der Waals surface area contributed by atoms with Crippen molar-refractivity contribution in [2.45, 2.75) is 43.5 Å². The minimum absolute atomic E-state index is 0.0717. The molecule has 0 spiro atoms. The van der Waals surface area contributed by atoms with E-state index in [0.717, 1.165) is 11.1 Å². The fourth-order valence-electron chi connectivity index (χ4n) is 4.85. The number of carbonyl (C=O) groups excluding carboxylic acids is 1. The molecular formula is C27H34O11. The zero-order valence-electron chi connectivity index (χ0n) is 21.5. The molecule has 0 bridgehead atoms. The van der Waals surface area contributed by atoms with Gasteiger partial charge < -0.3 is 48.8 Å². The SMILES string of the molecule is COc1ccc(C[C@@H]2C(=O)OC[C@H]2Cc2ccc(O[C@@H]3O[C@H](CO)[C@@H](O)[C@H](O)[C@@H]3O)c(OC)c2)cc1OC.